The molecule has 6 nitrogen and oxygen atoms in total. The topological polar surface area (TPSA) is 78.9 Å². The van der Waals surface area contributed by atoms with Gasteiger partial charge in [-0.25, -0.2) is 0 Å². The highest BCUT2D eigenvalue weighted by molar-refractivity contribution is 5.71. The van der Waals surface area contributed by atoms with Crippen LogP contribution in [0.1, 0.15) is 271 Å². The molecule has 0 aromatic heterocycles. The Hall–Kier alpha value is -3.15. The Morgan fingerprint density at radius 2 is 0.591 bits per heavy atom. The molecule has 0 aliphatic carbocycles. The lowest BCUT2D eigenvalue weighted by Gasteiger charge is -2.18. The summed E-state index contributed by atoms with van der Waals surface area (Å²) in [6.45, 7) is 6.47. The highest BCUT2D eigenvalue weighted by Crippen LogP contribution is 2.16. The lowest BCUT2D eigenvalue weighted by Crippen LogP contribution is -2.30. The van der Waals surface area contributed by atoms with Gasteiger partial charge in [0, 0.05) is 19.3 Å². The van der Waals surface area contributed by atoms with Gasteiger partial charge >= 0.3 is 17.9 Å². The lowest BCUT2D eigenvalue weighted by atomic mass is 10.0. The molecule has 0 rings (SSSR count). The zero-order valence-corrected chi connectivity index (χ0v) is 43.4. The first kappa shape index (κ1) is 62.8. The van der Waals surface area contributed by atoms with Crippen molar-refractivity contribution in [2.75, 3.05) is 13.2 Å². The van der Waals surface area contributed by atoms with Crippen LogP contribution >= 0.6 is 0 Å². The van der Waals surface area contributed by atoms with E-state index < -0.39 is 6.10 Å². The van der Waals surface area contributed by atoms with E-state index >= 15 is 0 Å². The molecule has 6 heteroatoms. The van der Waals surface area contributed by atoms with Gasteiger partial charge in [0.25, 0.3) is 0 Å². The molecule has 0 aromatic rings. The number of unbranched alkanes of at least 4 members (excludes halogenated alkanes) is 27. The maximum absolute atomic E-state index is 12.7. The van der Waals surface area contributed by atoms with E-state index in [2.05, 4.69) is 93.7 Å². The van der Waals surface area contributed by atoms with E-state index in [4.69, 9.17) is 14.2 Å². The van der Waals surface area contributed by atoms with Crippen LogP contribution in [-0.4, -0.2) is 37.2 Å². The molecule has 0 aliphatic heterocycles. The molecule has 0 aliphatic rings. The van der Waals surface area contributed by atoms with Crippen molar-refractivity contribution >= 4 is 17.9 Å². The third kappa shape index (κ3) is 51.8. The van der Waals surface area contributed by atoms with Gasteiger partial charge in [-0.3, -0.25) is 14.4 Å². The molecule has 0 saturated carbocycles. The molecule has 1 atom stereocenters. The lowest BCUT2D eigenvalue weighted by molar-refractivity contribution is -0.167. The maximum atomic E-state index is 12.7. The zero-order chi connectivity index (χ0) is 47.9. The summed E-state index contributed by atoms with van der Waals surface area (Å²) in [5.41, 5.74) is 0. The number of allylic oxidation sites excluding steroid dienone is 12. The quantitative estimate of drug-likeness (QED) is 0.0262. The highest BCUT2D eigenvalue weighted by Gasteiger charge is 2.19. The van der Waals surface area contributed by atoms with Crippen molar-refractivity contribution in [1.82, 2.24) is 0 Å². The number of hydrogen-bond acceptors (Lipinski definition) is 6. The number of esters is 3. The summed E-state index contributed by atoms with van der Waals surface area (Å²) in [5.74, 6) is -0.881. The average molecular weight is 921 g/mol. The second kappa shape index (κ2) is 54.5. The summed E-state index contributed by atoms with van der Waals surface area (Å²) in [7, 11) is 0. The van der Waals surface area contributed by atoms with E-state index in [1.807, 2.05) is 0 Å². The van der Waals surface area contributed by atoms with Crippen LogP contribution in [0, 0.1) is 0 Å². The van der Waals surface area contributed by atoms with E-state index in [1.165, 1.54) is 135 Å². The SMILES string of the molecule is CC/C=C\C/C=C\C/C=C\C/C=C\C/C=C\C/C=C\CCCCCCCCCCCCC(=O)OCC(COC(=O)CCCCCCCC)OC(=O)CCCCCCCCCCCCCCC. The Balaban J connectivity index is 4.08. The zero-order valence-electron chi connectivity index (χ0n) is 43.4. The molecule has 0 bridgehead atoms. The van der Waals surface area contributed by atoms with Gasteiger partial charge in [0.05, 0.1) is 0 Å². The number of hydrogen-bond donors (Lipinski definition) is 0. The van der Waals surface area contributed by atoms with Gasteiger partial charge in [-0.05, 0) is 70.6 Å². The summed E-state index contributed by atoms with van der Waals surface area (Å²) < 4.78 is 16.7. The number of carbonyl (C=O) groups is 3. The van der Waals surface area contributed by atoms with Gasteiger partial charge in [0.1, 0.15) is 13.2 Å². The van der Waals surface area contributed by atoms with E-state index in [-0.39, 0.29) is 31.1 Å². The molecule has 1 unspecified atom stereocenters. The van der Waals surface area contributed by atoms with Crippen LogP contribution < -0.4 is 0 Å². The first-order valence-electron chi connectivity index (χ1n) is 27.9. The average Bonchev–Trinajstić information content (AvgIpc) is 3.31. The van der Waals surface area contributed by atoms with E-state index in [0.717, 1.165) is 96.3 Å². The van der Waals surface area contributed by atoms with Crippen LogP contribution in [0.4, 0.5) is 0 Å². The Morgan fingerprint density at radius 1 is 0.318 bits per heavy atom. The fourth-order valence-corrected chi connectivity index (χ4v) is 7.80. The van der Waals surface area contributed by atoms with Crippen LogP contribution in [0.5, 0.6) is 0 Å². The molecule has 380 valence electrons. The molecule has 0 aromatic carbocycles. The fraction of sp³-hybridized carbons (Fsp3) is 0.750. The molecule has 0 heterocycles. The van der Waals surface area contributed by atoms with Gasteiger partial charge in [-0.15, -0.1) is 0 Å². The number of rotatable bonds is 50. The fourth-order valence-electron chi connectivity index (χ4n) is 7.80. The highest BCUT2D eigenvalue weighted by atomic mass is 16.6. The third-order valence-electron chi connectivity index (χ3n) is 12.0. The van der Waals surface area contributed by atoms with Crippen LogP contribution in [0.15, 0.2) is 72.9 Å². The third-order valence-corrected chi connectivity index (χ3v) is 12.0. The summed E-state index contributed by atoms with van der Waals surface area (Å²) in [6, 6.07) is 0. The number of ether oxygens (including phenoxy) is 3. The van der Waals surface area contributed by atoms with Crippen molar-refractivity contribution in [3.8, 4) is 0 Å². The van der Waals surface area contributed by atoms with Crippen LogP contribution in [-0.2, 0) is 28.6 Å². The first-order chi connectivity index (χ1) is 32.5. The largest absolute Gasteiger partial charge is 0.462 e. The molecule has 0 saturated heterocycles. The molecule has 0 N–H and O–H groups in total. The van der Waals surface area contributed by atoms with Crippen molar-refractivity contribution in [2.45, 2.75) is 277 Å². The summed E-state index contributed by atoms with van der Waals surface area (Å²) in [5, 5.41) is 0. The van der Waals surface area contributed by atoms with Crippen molar-refractivity contribution in [3.05, 3.63) is 72.9 Å². The van der Waals surface area contributed by atoms with Crippen molar-refractivity contribution < 1.29 is 28.6 Å². The summed E-state index contributed by atoms with van der Waals surface area (Å²) >= 11 is 0. The van der Waals surface area contributed by atoms with Gasteiger partial charge in [-0.1, -0.05) is 254 Å². The Labute approximate surface area is 408 Å². The van der Waals surface area contributed by atoms with E-state index in [0.29, 0.717) is 19.3 Å². The minimum absolute atomic E-state index is 0.0736. The van der Waals surface area contributed by atoms with Crippen molar-refractivity contribution in [2.24, 2.45) is 0 Å². The predicted molar refractivity (Wildman–Crippen MR) is 284 cm³/mol. The predicted octanol–water partition coefficient (Wildman–Crippen LogP) is 18.6. The normalized spacial score (nSPS) is 12.6. The minimum atomic E-state index is -0.770. The van der Waals surface area contributed by atoms with Gasteiger partial charge < -0.3 is 14.2 Å². The molecule has 0 spiro atoms. The minimum Gasteiger partial charge on any atom is -0.462 e. The second-order valence-electron chi connectivity index (χ2n) is 18.5. The van der Waals surface area contributed by atoms with Gasteiger partial charge in [-0.2, -0.15) is 0 Å². The molecule has 0 fully saturated rings. The molecular formula is C60H104O6. The monoisotopic (exact) mass is 921 g/mol. The van der Waals surface area contributed by atoms with Crippen molar-refractivity contribution in [3.63, 3.8) is 0 Å². The van der Waals surface area contributed by atoms with Crippen LogP contribution in [0.2, 0.25) is 0 Å². The molecule has 0 amide bonds. The Kier molecular flexibility index (Phi) is 51.9. The maximum Gasteiger partial charge on any atom is 0.306 e. The standard InChI is InChI=1S/C60H104O6/c1-4-7-10-13-16-18-20-22-23-24-25-26-27-28-29-30-31-32-33-34-35-36-37-39-40-42-44-47-50-53-59(62)65-56-57(55-64-58(61)52-49-46-15-12-9-6-3)66-60(63)54-51-48-45-43-41-38-21-19-17-14-11-8-5-2/h7,10,16,18,22-23,25-26,28-29,31-32,57H,4-6,8-9,11-15,17,19-21,24,27,30,33-56H2,1-3H3/b10-7-,18-16-,23-22-,26-25-,29-28-,32-31-. The number of carbonyl (C=O) groups excluding carboxylic acids is 3. The first-order valence-corrected chi connectivity index (χ1v) is 27.9. The summed E-state index contributed by atoms with van der Waals surface area (Å²) in [6.07, 6.45) is 69.2. The molecule has 66 heavy (non-hydrogen) atoms. The van der Waals surface area contributed by atoms with E-state index in [9.17, 15) is 14.4 Å². The molecular weight excluding hydrogens is 817 g/mol. The second-order valence-corrected chi connectivity index (χ2v) is 18.5. The molecule has 0 radical (unpaired) electrons. The van der Waals surface area contributed by atoms with Crippen molar-refractivity contribution in [1.29, 1.82) is 0 Å². The smallest absolute Gasteiger partial charge is 0.306 e. The van der Waals surface area contributed by atoms with Crippen LogP contribution in [0.3, 0.4) is 0 Å². The van der Waals surface area contributed by atoms with E-state index in [1.54, 1.807) is 0 Å². The Morgan fingerprint density at radius 3 is 0.924 bits per heavy atom. The van der Waals surface area contributed by atoms with Gasteiger partial charge in [0.15, 0.2) is 6.10 Å². The summed E-state index contributed by atoms with van der Waals surface area (Å²) in [4.78, 5) is 37.8. The Bertz CT molecular complexity index is 1240. The van der Waals surface area contributed by atoms with Gasteiger partial charge in [0.2, 0.25) is 0 Å². The van der Waals surface area contributed by atoms with Crippen LogP contribution in [0.25, 0.3) is 0 Å².